The molecule has 2 aromatic carbocycles. The molecule has 3 aromatic rings. The van der Waals surface area contributed by atoms with Crippen LogP contribution in [-0.4, -0.2) is 64.2 Å². The first-order valence-corrected chi connectivity index (χ1v) is 14.0. The van der Waals surface area contributed by atoms with Crippen LogP contribution in [0.5, 0.6) is 0 Å². The lowest BCUT2D eigenvalue weighted by molar-refractivity contribution is -0.129. The van der Waals surface area contributed by atoms with E-state index in [1.165, 1.54) is 16.9 Å². The van der Waals surface area contributed by atoms with Gasteiger partial charge in [0.2, 0.25) is 5.91 Å². The normalized spacial score (nSPS) is 13.6. The average Bonchev–Trinajstić information content (AvgIpc) is 3.53. The van der Waals surface area contributed by atoms with E-state index in [2.05, 4.69) is 39.9 Å². The summed E-state index contributed by atoms with van der Waals surface area (Å²) in [5.74, 6) is 0.883. The third-order valence-electron chi connectivity index (χ3n) is 5.88. The fraction of sp³-hybridized carbons (Fsp3) is 0.360. The largest absolute Gasteiger partial charge is 0.368 e. The van der Waals surface area contributed by atoms with Gasteiger partial charge >= 0.3 is 0 Å². The van der Waals surface area contributed by atoms with E-state index in [0.717, 1.165) is 41.0 Å². The number of aliphatic imine (C=N–C) groups is 1. The van der Waals surface area contributed by atoms with Crippen LogP contribution in [0.25, 0.3) is 10.1 Å². The number of rotatable bonds is 11. The maximum Gasteiger partial charge on any atom is 0.222 e. The molecule has 0 fully saturated rings. The Bertz CT molecular complexity index is 1270. The second-order valence-corrected chi connectivity index (χ2v) is 11.2. The van der Waals surface area contributed by atoms with E-state index >= 15 is 0 Å². The quantitative estimate of drug-likeness (QED) is 0.397. The lowest BCUT2D eigenvalue weighted by Crippen LogP contribution is -2.30. The summed E-state index contributed by atoms with van der Waals surface area (Å²) in [5, 5.41) is 8.73. The standard InChI is InChI=1S/C25H30N4O3S2/c1-29(16-12-19-8-10-20(11-9-19)25-27-14-15-28-25)24(30)7-4-13-26-18-34(31,32)23-17-33-22-6-3-2-5-21(22)23/h2-3,5-6,8-11,17,26H,4,7,12-16,18H2,1H3,(H,27,28). The zero-order chi connectivity index (χ0) is 24.0. The minimum Gasteiger partial charge on any atom is -0.368 e. The van der Waals surface area contributed by atoms with Crippen LogP contribution >= 0.6 is 11.3 Å². The van der Waals surface area contributed by atoms with Crippen molar-refractivity contribution in [2.45, 2.75) is 24.2 Å². The molecule has 34 heavy (non-hydrogen) atoms. The Morgan fingerprint density at radius 2 is 1.97 bits per heavy atom. The van der Waals surface area contributed by atoms with Gasteiger partial charge in [-0.05, 0) is 31.0 Å². The average molecular weight is 499 g/mol. The fourth-order valence-corrected chi connectivity index (χ4v) is 6.58. The van der Waals surface area contributed by atoms with Gasteiger partial charge in [-0.2, -0.15) is 0 Å². The van der Waals surface area contributed by atoms with E-state index < -0.39 is 9.84 Å². The van der Waals surface area contributed by atoms with Gasteiger partial charge in [0.15, 0.2) is 9.84 Å². The first-order chi connectivity index (χ1) is 16.4. The molecule has 0 spiro atoms. The Morgan fingerprint density at radius 1 is 1.18 bits per heavy atom. The maximum absolute atomic E-state index is 12.7. The molecule has 0 bridgehead atoms. The van der Waals surface area contributed by atoms with Crippen molar-refractivity contribution >= 4 is 43.0 Å². The Labute approximate surface area is 204 Å². The van der Waals surface area contributed by atoms with Crippen molar-refractivity contribution in [3.05, 3.63) is 65.0 Å². The summed E-state index contributed by atoms with van der Waals surface area (Å²) in [6, 6.07) is 15.8. The Kier molecular flexibility index (Phi) is 7.97. The van der Waals surface area contributed by atoms with Crippen molar-refractivity contribution < 1.29 is 13.2 Å². The van der Waals surface area contributed by atoms with Crippen molar-refractivity contribution in [2.75, 3.05) is 39.1 Å². The molecule has 7 nitrogen and oxygen atoms in total. The van der Waals surface area contributed by atoms with Crippen LogP contribution in [0.15, 0.2) is 63.8 Å². The highest BCUT2D eigenvalue weighted by Gasteiger charge is 2.18. The molecular formula is C25H30N4O3S2. The molecule has 1 aliphatic heterocycles. The van der Waals surface area contributed by atoms with E-state index in [1.807, 2.05) is 31.3 Å². The van der Waals surface area contributed by atoms with Gasteiger partial charge in [-0.25, -0.2) is 8.42 Å². The number of amidine groups is 1. The SMILES string of the molecule is CN(CCc1ccc(C2=NCCN2)cc1)C(=O)CCCNCS(=O)(=O)c1csc2ccccc12. The van der Waals surface area contributed by atoms with E-state index in [1.54, 1.807) is 10.3 Å². The minimum absolute atomic E-state index is 0.0645. The predicted molar refractivity (Wildman–Crippen MR) is 138 cm³/mol. The van der Waals surface area contributed by atoms with Gasteiger partial charge in [0, 0.05) is 47.6 Å². The van der Waals surface area contributed by atoms with Gasteiger partial charge < -0.3 is 15.5 Å². The number of likely N-dealkylation sites (N-methyl/N-ethyl adjacent to an activating group) is 1. The van der Waals surface area contributed by atoms with Crippen LogP contribution in [0.3, 0.4) is 0 Å². The van der Waals surface area contributed by atoms with Crippen LogP contribution in [0, 0.1) is 0 Å². The topological polar surface area (TPSA) is 90.9 Å². The van der Waals surface area contributed by atoms with Gasteiger partial charge in [0.1, 0.15) is 11.7 Å². The molecule has 0 unspecified atom stereocenters. The number of carbonyl (C=O) groups excluding carboxylic acids is 1. The Hall–Kier alpha value is -2.75. The molecule has 1 aromatic heterocycles. The molecule has 0 aliphatic carbocycles. The third kappa shape index (κ3) is 6.02. The number of sulfone groups is 1. The number of amides is 1. The van der Waals surface area contributed by atoms with Gasteiger partial charge in [-0.3, -0.25) is 9.79 Å². The fourth-order valence-electron chi connectivity index (χ4n) is 3.88. The van der Waals surface area contributed by atoms with E-state index in [4.69, 9.17) is 0 Å². The van der Waals surface area contributed by atoms with Crippen molar-refractivity contribution in [1.29, 1.82) is 0 Å². The van der Waals surface area contributed by atoms with Crippen molar-refractivity contribution in [3.8, 4) is 0 Å². The second kappa shape index (κ2) is 11.1. The highest BCUT2D eigenvalue weighted by atomic mass is 32.2. The minimum atomic E-state index is -3.42. The summed E-state index contributed by atoms with van der Waals surface area (Å²) < 4.78 is 26.3. The smallest absolute Gasteiger partial charge is 0.222 e. The molecule has 1 aliphatic rings. The van der Waals surface area contributed by atoms with Crippen LogP contribution in [0.2, 0.25) is 0 Å². The van der Waals surface area contributed by atoms with Crippen LogP contribution in [0.1, 0.15) is 24.0 Å². The molecule has 4 rings (SSSR count). The van der Waals surface area contributed by atoms with Gasteiger partial charge in [-0.15, -0.1) is 11.3 Å². The Balaban J connectivity index is 1.16. The Morgan fingerprint density at radius 3 is 2.74 bits per heavy atom. The van der Waals surface area contributed by atoms with Crippen molar-refractivity contribution in [2.24, 2.45) is 4.99 Å². The summed E-state index contributed by atoms with van der Waals surface area (Å²) in [6.07, 6.45) is 1.76. The van der Waals surface area contributed by atoms with E-state index in [-0.39, 0.29) is 11.8 Å². The number of nitrogens with zero attached hydrogens (tertiary/aromatic N) is 2. The number of nitrogens with one attached hydrogen (secondary N) is 2. The maximum atomic E-state index is 12.7. The first kappa shape index (κ1) is 24.4. The summed E-state index contributed by atoms with van der Waals surface area (Å²) in [6.45, 7) is 2.83. The van der Waals surface area contributed by atoms with E-state index in [9.17, 15) is 13.2 Å². The molecule has 0 saturated carbocycles. The number of thiophene rings is 1. The number of hydrogen-bond donors (Lipinski definition) is 2. The number of fused-ring (bicyclic) bond motifs is 1. The van der Waals surface area contributed by atoms with Crippen molar-refractivity contribution in [1.82, 2.24) is 15.5 Å². The molecule has 0 radical (unpaired) electrons. The molecular weight excluding hydrogens is 468 g/mol. The molecule has 9 heteroatoms. The molecule has 2 heterocycles. The summed E-state index contributed by atoms with van der Waals surface area (Å²) in [7, 11) is -1.60. The van der Waals surface area contributed by atoms with Gasteiger partial charge in [0.25, 0.3) is 0 Å². The lowest BCUT2D eigenvalue weighted by Gasteiger charge is -2.17. The van der Waals surface area contributed by atoms with E-state index in [0.29, 0.717) is 30.8 Å². The third-order valence-corrected chi connectivity index (χ3v) is 8.58. The predicted octanol–water partition coefficient (Wildman–Crippen LogP) is 3.05. The molecule has 0 atom stereocenters. The monoisotopic (exact) mass is 498 g/mol. The number of hydrogen-bond acceptors (Lipinski definition) is 7. The zero-order valence-electron chi connectivity index (χ0n) is 19.3. The van der Waals surface area contributed by atoms with Crippen LogP contribution in [0.4, 0.5) is 0 Å². The summed E-state index contributed by atoms with van der Waals surface area (Å²) >= 11 is 1.44. The summed E-state index contributed by atoms with van der Waals surface area (Å²) in [4.78, 5) is 19.0. The van der Waals surface area contributed by atoms with Gasteiger partial charge in [-0.1, -0.05) is 42.5 Å². The molecule has 1 amide bonds. The molecule has 180 valence electrons. The summed E-state index contributed by atoms with van der Waals surface area (Å²) in [5.41, 5.74) is 2.27. The van der Waals surface area contributed by atoms with Crippen molar-refractivity contribution in [3.63, 3.8) is 0 Å². The number of carbonyl (C=O) groups is 1. The van der Waals surface area contributed by atoms with Crippen LogP contribution in [-0.2, 0) is 21.1 Å². The first-order valence-electron chi connectivity index (χ1n) is 11.5. The second-order valence-electron chi connectivity index (χ2n) is 8.38. The zero-order valence-corrected chi connectivity index (χ0v) is 20.9. The molecule has 0 saturated heterocycles. The lowest BCUT2D eigenvalue weighted by atomic mass is 10.1. The molecule has 2 N–H and O–H groups in total. The highest BCUT2D eigenvalue weighted by Crippen LogP contribution is 2.29. The number of benzene rings is 2. The van der Waals surface area contributed by atoms with Crippen LogP contribution < -0.4 is 10.6 Å². The highest BCUT2D eigenvalue weighted by molar-refractivity contribution is 7.91. The van der Waals surface area contributed by atoms with Gasteiger partial charge in [0.05, 0.1) is 11.4 Å².